The van der Waals surface area contributed by atoms with Crippen LogP contribution in [0, 0.1) is 5.41 Å². The first-order chi connectivity index (χ1) is 6.15. The molecule has 0 aromatic rings. The fraction of sp³-hybridized carbons (Fsp3) is 0. The molecule has 0 unspecified atom stereocenters. The maximum absolute atomic E-state index is 10.5. The molecular weight excluding hydrogens is 238 g/mol. The molecule has 3 N–H and O–H groups in total. The van der Waals surface area contributed by atoms with E-state index in [0.717, 1.165) is 6.21 Å². The van der Waals surface area contributed by atoms with E-state index in [1.807, 2.05) is 0 Å². The minimum absolute atomic E-state index is 0.0625. The minimum atomic E-state index is -1.10. The number of hydrogen-bond donors (Lipinski definition) is 3. The van der Waals surface area contributed by atoms with Gasteiger partial charge < -0.3 is 15.8 Å². The molecule has 1 aliphatic rings. The van der Waals surface area contributed by atoms with Crippen LogP contribution in [0.15, 0.2) is 27.6 Å². The number of aliphatic carboxylic acids is 1. The molecule has 68 valence electrons. The maximum Gasteiger partial charge on any atom is 0.354 e. The zero-order chi connectivity index (χ0) is 9.84. The average Bonchev–Trinajstić information content (AvgIpc) is 2.17. The number of aliphatic imine (C=N–C) groups is 1. The third-order valence-corrected chi connectivity index (χ3v) is 1.87. The van der Waals surface area contributed by atoms with E-state index in [4.69, 9.17) is 10.5 Å². The van der Waals surface area contributed by atoms with Gasteiger partial charge in [0.05, 0.1) is 4.48 Å². The second kappa shape index (κ2) is 3.99. The van der Waals surface area contributed by atoms with Gasteiger partial charge in [-0.2, -0.15) is 0 Å². The Morgan fingerprint density at radius 1 is 1.77 bits per heavy atom. The molecule has 0 saturated heterocycles. The van der Waals surface area contributed by atoms with Crippen LogP contribution in [0.5, 0.6) is 0 Å². The van der Waals surface area contributed by atoms with Gasteiger partial charge in [0, 0.05) is 12.4 Å². The number of carbonyl (C=O) groups is 1. The van der Waals surface area contributed by atoms with Gasteiger partial charge in [0.15, 0.2) is 5.71 Å². The van der Waals surface area contributed by atoms with Crippen molar-refractivity contribution in [3.8, 4) is 0 Å². The molecule has 0 fully saturated rings. The Morgan fingerprint density at radius 2 is 2.46 bits per heavy atom. The largest absolute Gasteiger partial charge is 0.477 e. The molecule has 5 nitrogen and oxygen atoms in total. The summed E-state index contributed by atoms with van der Waals surface area (Å²) in [6.07, 6.45) is 3.83. The zero-order valence-corrected chi connectivity index (χ0v) is 8.00. The second-order valence-corrected chi connectivity index (χ2v) is 2.98. The van der Waals surface area contributed by atoms with Gasteiger partial charge in [-0.05, 0) is 22.0 Å². The molecule has 0 bridgehead atoms. The van der Waals surface area contributed by atoms with Crippen LogP contribution in [0.2, 0.25) is 0 Å². The van der Waals surface area contributed by atoms with Gasteiger partial charge in [0.2, 0.25) is 0 Å². The fourth-order valence-electron chi connectivity index (χ4n) is 0.699. The number of nitrogens with zero attached hydrogens (tertiary/aromatic N) is 1. The zero-order valence-electron chi connectivity index (χ0n) is 6.41. The van der Waals surface area contributed by atoms with Crippen LogP contribution in [0.25, 0.3) is 0 Å². The summed E-state index contributed by atoms with van der Waals surface area (Å²) in [5.41, 5.74) is -0.0625. The van der Waals surface area contributed by atoms with E-state index >= 15 is 0 Å². The Hall–Kier alpha value is -1.43. The molecule has 0 spiro atoms. The Labute approximate surface area is 82.5 Å². The van der Waals surface area contributed by atoms with Crippen molar-refractivity contribution < 1.29 is 9.90 Å². The number of hydrogen-bond acceptors (Lipinski definition) is 4. The lowest BCUT2D eigenvalue weighted by molar-refractivity contribution is -0.129. The molecule has 1 aliphatic heterocycles. The van der Waals surface area contributed by atoms with Crippen molar-refractivity contribution in [3.63, 3.8) is 0 Å². The predicted octanol–water partition coefficient (Wildman–Crippen LogP) is 0.842. The molecule has 13 heavy (non-hydrogen) atoms. The third kappa shape index (κ3) is 2.25. The molecule has 6 heteroatoms. The highest BCUT2D eigenvalue weighted by atomic mass is 79.9. The van der Waals surface area contributed by atoms with E-state index in [0.29, 0.717) is 10.3 Å². The fourth-order valence-corrected chi connectivity index (χ4v) is 0.902. The van der Waals surface area contributed by atoms with E-state index in [-0.39, 0.29) is 5.71 Å². The maximum atomic E-state index is 10.5. The monoisotopic (exact) mass is 243 g/mol. The van der Waals surface area contributed by atoms with Crippen molar-refractivity contribution in [1.82, 2.24) is 5.32 Å². The Kier molecular flexibility index (Phi) is 2.97. The molecule has 1 heterocycles. The van der Waals surface area contributed by atoms with Crippen LogP contribution in [0.1, 0.15) is 0 Å². The quantitative estimate of drug-likeness (QED) is 0.629. The van der Waals surface area contributed by atoms with Gasteiger partial charge in [-0.1, -0.05) is 0 Å². The highest BCUT2D eigenvalue weighted by Crippen LogP contribution is 2.11. The summed E-state index contributed by atoms with van der Waals surface area (Å²) in [5.74, 6) is -0.782. The van der Waals surface area contributed by atoms with Gasteiger partial charge in [-0.15, -0.1) is 0 Å². The van der Waals surface area contributed by atoms with Crippen LogP contribution >= 0.6 is 15.9 Å². The molecule has 0 saturated carbocycles. The summed E-state index contributed by atoms with van der Waals surface area (Å²) in [7, 11) is 0. The molecule has 0 radical (unpaired) electrons. The van der Waals surface area contributed by atoms with Crippen molar-refractivity contribution in [2.24, 2.45) is 4.99 Å². The smallest absolute Gasteiger partial charge is 0.354 e. The van der Waals surface area contributed by atoms with Crippen LogP contribution in [0.4, 0.5) is 0 Å². The van der Waals surface area contributed by atoms with Crippen molar-refractivity contribution >= 4 is 33.8 Å². The lowest BCUT2D eigenvalue weighted by Gasteiger charge is -2.08. The first-order valence-corrected chi connectivity index (χ1v) is 4.09. The topological polar surface area (TPSA) is 85.5 Å². The average molecular weight is 244 g/mol. The lowest BCUT2D eigenvalue weighted by atomic mass is 10.3. The van der Waals surface area contributed by atoms with Gasteiger partial charge in [-0.3, -0.25) is 0 Å². The number of carboxylic acids is 1. The van der Waals surface area contributed by atoms with Crippen LogP contribution in [-0.4, -0.2) is 23.0 Å². The normalized spacial score (nSPS) is 18.7. The van der Waals surface area contributed by atoms with Gasteiger partial charge in [-0.25, -0.2) is 9.79 Å². The lowest BCUT2D eigenvalue weighted by Crippen LogP contribution is -2.19. The summed E-state index contributed by atoms with van der Waals surface area (Å²) in [4.78, 5) is 14.3. The van der Waals surface area contributed by atoms with E-state index in [1.165, 1.54) is 12.3 Å². The predicted molar refractivity (Wildman–Crippen MR) is 52.1 cm³/mol. The van der Waals surface area contributed by atoms with Crippen LogP contribution in [0.3, 0.4) is 0 Å². The van der Waals surface area contributed by atoms with Gasteiger partial charge in [0.25, 0.3) is 0 Å². The number of carboxylic acid groups (broad SMARTS) is 1. The van der Waals surface area contributed by atoms with Crippen molar-refractivity contribution in [1.29, 1.82) is 5.41 Å². The highest BCUT2D eigenvalue weighted by molar-refractivity contribution is 9.12. The standard InChI is InChI=1S/C7H6BrN3O2/c8-4(3-9)6-10-2-1-5(11-6)7(12)13/h1-3,9-10H,(H,12,13)/b6-4-,9-3?. The number of allylic oxidation sites excluding steroid dienone is 1. The molecule has 0 atom stereocenters. The van der Waals surface area contributed by atoms with E-state index in [9.17, 15) is 4.79 Å². The second-order valence-electron chi connectivity index (χ2n) is 2.12. The SMILES string of the molecule is N=C/C(Br)=C1/N=C(C(=O)O)C=CN1. The Morgan fingerprint density at radius 3 is 3.00 bits per heavy atom. The molecule has 0 amide bonds. The number of nitrogens with one attached hydrogen (secondary N) is 2. The minimum Gasteiger partial charge on any atom is -0.477 e. The molecular formula is C7H6BrN3O2. The van der Waals surface area contributed by atoms with E-state index in [1.54, 1.807) is 0 Å². The summed E-state index contributed by atoms with van der Waals surface area (Å²) in [6.45, 7) is 0. The highest BCUT2D eigenvalue weighted by Gasteiger charge is 2.11. The van der Waals surface area contributed by atoms with Gasteiger partial charge in [0.1, 0.15) is 5.82 Å². The molecule has 0 aromatic heterocycles. The van der Waals surface area contributed by atoms with Crippen LogP contribution in [-0.2, 0) is 4.79 Å². The third-order valence-electron chi connectivity index (χ3n) is 1.27. The first kappa shape index (κ1) is 9.66. The van der Waals surface area contributed by atoms with E-state index in [2.05, 4.69) is 26.2 Å². The van der Waals surface area contributed by atoms with E-state index < -0.39 is 5.97 Å². The van der Waals surface area contributed by atoms with Crippen molar-refractivity contribution in [2.75, 3.05) is 0 Å². The number of halogens is 1. The Bertz CT molecular complexity index is 344. The van der Waals surface area contributed by atoms with Gasteiger partial charge >= 0.3 is 5.97 Å². The summed E-state index contributed by atoms with van der Waals surface area (Å²) in [5, 5.41) is 18.2. The first-order valence-electron chi connectivity index (χ1n) is 3.30. The molecule has 1 rings (SSSR count). The van der Waals surface area contributed by atoms with Crippen LogP contribution < -0.4 is 5.32 Å². The van der Waals surface area contributed by atoms with Crippen molar-refractivity contribution in [2.45, 2.75) is 0 Å². The summed E-state index contributed by atoms with van der Waals surface area (Å²) in [6, 6.07) is 0. The summed E-state index contributed by atoms with van der Waals surface area (Å²) < 4.78 is 0.399. The molecule has 0 aromatic carbocycles. The Balaban J connectivity index is 3.04. The summed E-state index contributed by atoms with van der Waals surface area (Å²) >= 11 is 3.06. The van der Waals surface area contributed by atoms with Crippen molar-refractivity contribution in [3.05, 3.63) is 22.6 Å². The molecule has 0 aliphatic carbocycles. The number of rotatable bonds is 2.